The van der Waals surface area contributed by atoms with Gasteiger partial charge in [-0.25, -0.2) is 0 Å². The SMILES string of the molecule is Cc1ccsc1C(C)(O)C1(C#N)CCOCC1. The van der Waals surface area contributed by atoms with Gasteiger partial charge in [-0.3, -0.25) is 0 Å². The molecule has 0 saturated carbocycles. The fraction of sp³-hybridized carbons (Fsp3) is 0.615. The molecule has 1 aromatic heterocycles. The minimum Gasteiger partial charge on any atom is -0.383 e. The van der Waals surface area contributed by atoms with Gasteiger partial charge >= 0.3 is 0 Å². The van der Waals surface area contributed by atoms with Gasteiger partial charge in [0.2, 0.25) is 0 Å². The summed E-state index contributed by atoms with van der Waals surface area (Å²) < 4.78 is 5.31. The van der Waals surface area contributed by atoms with E-state index in [1.807, 2.05) is 18.4 Å². The molecule has 1 aliphatic heterocycles. The Morgan fingerprint density at radius 2 is 2.18 bits per heavy atom. The standard InChI is InChI=1S/C13H17NO2S/c1-10-3-8-17-11(10)12(2,15)13(9-14)4-6-16-7-5-13/h3,8,15H,4-7H2,1-2H3. The zero-order chi connectivity index (χ0) is 12.5. The van der Waals surface area contributed by atoms with Crippen LogP contribution >= 0.6 is 11.3 Å². The molecule has 4 heteroatoms. The van der Waals surface area contributed by atoms with Crippen LogP contribution in [0.25, 0.3) is 0 Å². The van der Waals surface area contributed by atoms with Crippen molar-refractivity contribution in [2.75, 3.05) is 13.2 Å². The molecule has 2 heterocycles. The molecule has 1 aliphatic rings. The van der Waals surface area contributed by atoms with Crippen LogP contribution < -0.4 is 0 Å². The summed E-state index contributed by atoms with van der Waals surface area (Å²) in [6.07, 6.45) is 1.18. The summed E-state index contributed by atoms with van der Waals surface area (Å²) >= 11 is 1.52. The maximum Gasteiger partial charge on any atom is 0.115 e. The van der Waals surface area contributed by atoms with Crippen molar-refractivity contribution in [1.29, 1.82) is 5.26 Å². The van der Waals surface area contributed by atoms with Crippen LogP contribution in [-0.2, 0) is 10.3 Å². The van der Waals surface area contributed by atoms with Crippen molar-refractivity contribution in [2.45, 2.75) is 32.3 Å². The first-order valence-electron chi connectivity index (χ1n) is 5.79. The third-order valence-electron chi connectivity index (χ3n) is 3.80. The second-order valence-corrected chi connectivity index (χ2v) is 5.73. The summed E-state index contributed by atoms with van der Waals surface area (Å²) in [5, 5.41) is 22.3. The number of thiophene rings is 1. The van der Waals surface area contributed by atoms with Crippen molar-refractivity contribution in [3.8, 4) is 6.07 Å². The highest BCUT2D eigenvalue weighted by Gasteiger charge is 2.50. The van der Waals surface area contributed by atoms with Crippen molar-refractivity contribution >= 4 is 11.3 Å². The zero-order valence-corrected chi connectivity index (χ0v) is 11.0. The lowest BCUT2D eigenvalue weighted by molar-refractivity contribution is -0.0956. The Balaban J connectivity index is 2.43. The fourth-order valence-electron chi connectivity index (χ4n) is 2.52. The van der Waals surface area contributed by atoms with Crippen LogP contribution in [0.3, 0.4) is 0 Å². The molecule has 0 radical (unpaired) electrons. The average molecular weight is 251 g/mol. The van der Waals surface area contributed by atoms with Gasteiger partial charge < -0.3 is 9.84 Å². The molecule has 1 unspecified atom stereocenters. The van der Waals surface area contributed by atoms with E-state index in [9.17, 15) is 10.4 Å². The molecule has 0 spiro atoms. The molecule has 1 fully saturated rings. The van der Waals surface area contributed by atoms with Crippen molar-refractivity contribution < 1.29 is 9.84 Å². The molecule has 17 heavy (non-hydrogen) atoms. The fourth-order valence-corrected chi connectivity index (χ4v) is 3.60. The van der Waals surface area contributed by atoms with E-state index in [2.05, 4.69) is 6.07 Å². The molecule has 0 aliphatic carbocycles. The number of nitriles is 1. The number of hydrogen-bond donors (Lipinski definition) is 1. The summed E-state index contributed by atoms with van der Waals surface area (Å²) in [4.78, 5) is 0.904. The van der Waals surface area contributed by atoms with Crippen molar-refractivity contribution in [3.63, 3.8) is 0 Å². The van der Waals surface area contributed by atoms with Gasteiger partial charge in [-0.05, 0) is 43.7 Å². The predicted octanol–water partition coefficient (Wildman–Crippen LogP) is 2.58. The van der Waals surface area contributed by atoms with Crippen LogP contribution in [-0.4, -0.2) is 18.3 Å². The van der Waals surface area contributed by atoms with Gasteiger partial charge in [-0.1, -0.05) is 0 Å². The summed E-state index contributed by atoms with van der Waals surface area (Å²) in [5.41, 5.74) is -0.758. The molecule has 1 saturated heterocycles. The zero-order valence-electron chi connectivity index (χ0n) is 10.2. The Morgan fingerprint density at radius 3 is 2.65 bits per heavy atom. The second-order valence-electron chi connectivity index (χ2n) is 4.81. The van der Waals surface area contributed by atoms with Crippen LogP contribution in [0.4, 0.5) is 0 Å². The highest BCUT2D eigenvalue weighted by Crippen LogP contribution is 2.48. The highest BCUT2D eigenvalue weighted by molar-refractivity contribution is 7.10. The lowest BCUT2D eigenvalue weighted by Gasteiger charge is -2.42. The number of hydrogen-bond acceptors (Lipinski definition) is 4. The number of aryl methyl sites for hydroxylation is 1. The third kappa shape index (κ3) is 1.89. The van der Waals surface area contributed by atoms with Crippen LogP contribution in [0.1, 0.15) is 30.2 Å². The topological polar surface area (TPSA) is 53.2 Å². The Bertz CT molecular complexity index is 439. The third-order valence-corrected chi connectivity index (χ3v) is 5.02. The van der Waals surface area contributed by atoms with Crippen LogP contribution in [0.15, 0.2) is 11.4 Å². The Labute approximate surface area is 106 Å². The number of nitrogens with zero attached hydrogens (tertiary/aromatic N) is 1. The van der Waals surface area contributed by atoms with E-state index in [1.165, 1.54) is 11.3 Å². The molecule has 0 amide bonds. The lowest BCUT2D eigenvalue weighted by Crippen LogP contribution is -2.46. The Kier molecular flexibility index (Phi) is 3.26. The van der Waals surface area contributed by atoms with Crippen molar-refractivity contribution in [1.82, 2.24) is 0 Å². The average Bonchev–Trinajstić information content (AvgIpc) is 2.77. The second kappa shape index (κ2) is 4.41. The molecular weight excluding hydrogens is 234 g/mol. The molecule has 2 rings (SSSR count). The molecule has 1 atom stereocenters. The van der Waals surface area contributed by atoms with E-state index in [0.717, 1.165) is 10.4 Å². The quantitative estimate of drug-likeness (QED) is 0.879. The first-order chi connectivity index (χ1) is 8.03. The van der Waals surface area contributed by atoms with Gasteiger partial charge in [0.25, 0.3) is 0 Å². The smallest absolute Gasteiger partial charge is 0.115 e. The van der Waals surface area contributed by atoms with Crippen LogP contribution in [0.2, 0.25) is 0 Å². The summed E-state index contributed by atoms with van der Waals surface area (Å²) in [6, 6.07) is 4.33. The van der Waals surface area contributed by atoms with Crippen LogP contribution in [0.5, 0.6) is 0 Å². The first kappa shape index (κ1) is 12.6. The van der Waals surface area contributed by atoms with Gasteiger partial charge in [0.15, 0.2) is 0 Å². The van der Waals surface area contributed by atoms with Crippen molar-refractivity contribution in [2.24, 2.45) is 5.41 Å². The molecule has 1 aromatic rings. The van der Waals surface area contributed by atoms with Gasteiger partial charge in [-0.2, -0.15) is 5.26 Å². The molecule has 3 nitrogen and oxygen atoms in total. The van der Waals surface area contributed by atoms with E-state index in [4.69, 9.17) is 4.74 Å². The molecular formula is C13H17NO2S. The maximum absolute atomic E-state index is 10.9. The number of rotatable bonds is 2. The maximum atomic E-state index is 10.9. The monoisotopic (exact) mass is 251 g/mol. The predicted molar refractivity (Wildman–Crippen MR) is 66.7 cm³/mol. The van der Waals surface area contributed by atoms with E-state index < -0.39 is 11.0 Å². The lowest BCUT2D eigenvalue weighted by atomic mass is 9.67. The van der Waals surface area contributed by atoms with Gasteiger partial charge in [0.05, 0.1) is 11.5 Å². The molecule has 1 N–H and O–H groups in total. The largest absolute Gasteiger partial charge is 0.383 e. The first-order valence-corrected chi connectivity index (χ1v) is 6.67. The van der Waals surface area contributed by atoms with E-state index in [-0.39, 0.29) is 0 Å². The van der Waals surface area contributed by atoms with Gasteiger partial charge in [-0.15, -0.1) is 11.3 Å². The summed E-state index contributed by atoms with van der Waals surface area (Å²) in [5.74, 6) is 0. The normalized spacial score (nSPS) is 22.7. The Hall–Kier alpha value is -0.890. The van der Waals surface area contributed by atoms with E-state index >= 15 is 0 Å². The van der Waals surface area contributed by atoms with Crippen LogP contribution in [0, 0.1) is 23.7 Å². The number of ether oxygens (including phenoxy) is 1. The molecule has 92 valence electrons. The van der Waals surface area contributed by atoms with Crippen molar-refractivity contribution in [3.05, 3.63) is 21.9 Å². The van der Waals surface area contributed by atoms with Gasteiger partial charge in [0, 0.05) is 18.1 Å². The highest BCUT2D eigenvalue weighted by atomic mass is 32.1. The van der Waals surface area contributed by atoms with E-state index in [1.54, 1.807) is 6.92 Å². The minimum atomic E-state index is -1.09. The minimum absolute atomic E-state index is 0.550. The Morgan fingerprint density at radius 1 is 1.53 bits per heavy atom. The van der Waals surface area contributed by atoms with Gasteiger partial charge in [0.1, 0.15) is 5.60 Å². The molecule has 0 aromatic carbocycles. The number of aliphatic hydroxyl groups is 1. The summed E-state index contributed by atoms with van der Waals surface area (Å²) in [7, 11) is 0. The molecule has 0 bridgehead atoms. The summed E-state index contributed by atoms with van der Waals surface area (Å²) in [6.45, 7) is 4.84. The van der Waals surface area contributed by atoms with E-state index in [0.29, 0.717) is 26.1 Å².